The molecule has 0 fully saturated rings. The maximum absolute atomic E-state index is 9.08. The van der Waals surface area contributed by atoms with Crippen LogP contribution in [-0.4, -0.2) is 22.5 Å². The van der Waals surface area contributed by atoms with Crippen molar-refractivity contribution >= 4 is 11.8 Å². The highest BCUT2D eigenvalue weighted by molar-refractivity contribution is 8.00. The molecule has 0 spiro atoms. The monoisotopic (exact) mass is 267 g/mol. The van der Waals surface area contributed by atoms with E-state index in [0.29, 0.717) is 0 Å². The molecule has 1 aromatic rings. The van der Waals surface area contributed by atoms with E-state index in [4.69, 9.17) is 5.11 Å². The van der Waals surface area contributed by atoms with Gasteiger partial charge in [-0.3, -0.25) is 0 Å². The zero-order valence-electron chi connectivity index (χ0n) is 12.1. The number of benzene rings is 1. The quantitative estimate of drug-likeness (QED) is 0.802. The number of aliphatic hydroxyl groups is 1. The van der Waals surface area contributed by atoms with Gasteiger partial charge in [-0.1, -0.05) is 19.1 Å². The second kappa shape index (κ2) is 6.60. The van der Waals surface area contributed by atoms with E-state index in [1.807, 2.05) is 6.92 Å². The van der Waals surface area contributed by atoms with Crippen LogP contribution in [0.25, 0.3) is 0 Å². The van der Waals surface area contributed by atoms with Gasteiger partial charge in [-0.15, -0.1) is 11.8 Å². The first kappa shape index (κ1) is 15.5. The van der Waals surface area contributed by atoms with Crippen LogP contribution in [0.2, 0.25) is 0 Å². The van der Waals surface area contributed by atoms with Crippen molar-refractivity contribution in [2.75, 3.05) is 6.61 Å². The summed E-state index contributed by atoms with van der Waals surface area (Å²) in [6.45, 7) is 11.8. The molecule has 0 amide bonds. The summed E-state index contributed by atoms with van der Waals surface area (Å²) >= 11 is 1.73. The van der Waals surface area contributed by atoms with Gasteiger partial charge in [-0.05, 0) is 44.9 Å². The molecule has 0 heterocycles. The third-order valence-corrected chi connectivity index (χ3v) is 3.91. The van der Waals surface area contributed by atoms with Gasteiger partial charge in [-0.25, -0.2) is 0 Å². The second-order valence-electron chi connectivity index (χ2n) is 5.81. The number of aryl methyl sites for hydroxylation is 1. The van der Waals surface area contributed by atoms with E-state index >= 15 is 0 Å². The summed E-state index contributed by atoms with van der Waals surface area (Å²) in [7, 11) is 0. The molecule has 0 bridgehead atoms. The fraction of sp³-hybridized carbons (Fsp3) is 0.600. The molecule has 18 heavy (non-hydrogen) atoms. The fourth-order valence-electron chi connectivity index (χ4n) is 1.57. The molecule has 1 atom stereocenters. The van der Waals surface area contributed by atoms with Crippen LogP contribution < -0.4 is 5.32 Å². The van der Waals surface area contributed by atoms with Crippen molar-refractivity contribution in [1.29, 1.82) is 0 Å². The molecule has 1 aromatic carbocycles. The summed E-state index contributed by atoms with van der Waals surface area (Å²) in [6.07, 6.45) is 0. The molecule has 2 nitrogen and oxygen atoms in total. The van der Waals surface area contributed by atoms with E-state index in [1.165, 1.54) is 16.0 Å². The molecule has 0 saturated carbocycles. The molecule has 1 unspecified atom stereocenters. The van der Waals surface area contributed by atoms with Gasteiger partial charge < -0.3 is 10.4 Å². The van der Waals surface area contributed by atoms with E-state index in [9.17, 15) is 0 Å². The fourth-order valence-corrected chi connectivity index (χ4v) is 2.47. The van der Waals surface area contributed by atoms with Crippen LogP contribution in [0.3, 0.4) is 0 Å². The predicted molar refractivity (Wildman–Crippen MR) is 80.2 cm³/mol. The highest BCUT2D eigenvalue weighted by Crippen LogP contribution is 2.27. The average Bonchev–Trinajstić information content (AvgIpc) is 2.28. The van der Waals surface area contributed by atoms with Gasteiger partial charge in [0.2, 0.25) is 0 Å². The molecule has 0 aliphatic carbocycles. The maximum atomic E-state index is 9.08. The Morgan fingerprint density at radius 1 is 1.33 bits per heavy atom. The highest BCUT2D eigenvalue weighted by Gasteiger charge is 2.10. The second-order valence-corrected chi connectivity index (χ2v) is 7.29. The number of thioether (sulfide) groups is 1. The van der Waals surface area contributed by atoms with Crippen LogP contribution >= 0.6 is 11.8 Å². The largest absolute Gasteiger partial charge is 0.395 e. The SMILES string of the molecule is Cc1cc(CNC(C)(C)C)ccc1SC(C)CO. The standard InChI is InChI=1S/C15H25NOS/c1-11-8-13(9-16-15(3,4)5)6-7-14(11)18-12(2)10-17/h6-8,12,16-17H,9-10H2,1-5H3. The number of nitrogens with one attached hydrogen (secondary N) is 1. The van der Waals surface area contributed by atoms with Crippen LogP contribution in [0.5, 0.6) is 0 Å². The van der Waals surface area contributed by atoms with Crippen LogP contribution in [-0.2, 0) is 6.54 Å². The molecule has 0 aromatic heterocycles. The Morgan fingerprint density at radius 2 is 2.00 bits per heavy atom. The molecule has 0 aliphatic rings. The summed E-state index contributed by atoms with van der Waals surface area (Å²) < 4.78 is 0. The van der Waals surface area contributed by atoms with Crippen LogP contribution in [0.4, 0.5) is 0 Å². The normalized spacial score (nSPS) is 13.7. The van der Waals surface area contributed by atoms with Crippen molar-refractivity contribution in [3.8, 4) is 0 Å². The minimum Gasteiger partial charge on any atom is -0.395 e. The smallest absolute Gasteiger partial charge is 0.0550 e. The van der Waals surface area contributed by atoms with E-state index in [0.717, 1.165) is 6.54 Å². The zero-order valence-corrected chi connectivity index (χ0v) is 12.9. The van der Waals surface area contributed by atoms with Crippen molar-refractivity contribution < 1.29 is 5.11 Å². The van der Waals surface area contributed by atoms with Gasteiger partial charge in [0.05, 0.1) is 6.61 Å². The predicted octanol–water partition coefficient (Wildman–Crippen LogP) is 3.36. The first-order chi connectivity index (χ1) is 8.31. The molecule has 2 N–H and O–H groups in total. The maximum Gasteiger partial charge on any atom is 0.0550 e. The molecule has 0 radical (unpaired) electrons. The van der Waals surface area contributed by atoms with Gasteiger partial charge in [-0.2, -0.15) is 0 Å². The van der Waals surface area contributed by atoms with Crippen molar-refractivity contribution in [3.63, 3.8) is 0 Å². The van der Waals surface area contributed by atoms with E-state index < -0.39 is 0 Å². The Balaban J connectivity index is 2.67. The lowest BCUT2D eigenvalue weighted by atomic mass is 10.1. The van der Waals surface area contributed by atoms with E-state index in [1.54, 1.807) is 11.8 Å². The minimum absolute atomic E-state index is 0.146. The molecular formula is C15H25NOS. The Labute approximate surface area is 115 Å². The average molecular weight is 267 g/mol. The Hall–Kier alpha value is -0.510. The molecule has 1 rings (SSSR count). The number of rotatable bonds is 5. The van der Waals surface area contributed by atoms with E-state index in [2.05, 4.69) is 51.2 Å². The van der Waals surface area contributed by atoms with Gasteiger partial charge >= 0.3 is 0 Å². The lowest BCUT2D eigenvalue weighted by Crippen LogP contribution is -2.35. The number of hydrogen-bond donors (Lipinski definition) is 2. The molecule has 102 valence electrons. The molecular weight excluding hydrogens is 242 g/mol. The topological polar surface area (TPSA) is 32.3 Å². The molecule has 0 saturated heterocycles. The van der Waals surface area contributed by atoms with Crippen molar-refractivity contribution in [2.24, 2.45) is 0 Å². The van der Waals surface area contributed by atoms with Crippen LogP contribution in [0.1, 0.15) is 38.8 Å². The van der Waals surface area contributed by atoms with Gasteiger partial charge in [0.1, 0.15) is 0 Å². The van der Waals surface area contributed by atoms with Gasteiger partial charge in [0.15, 0.2) is 0 Å². The van der Waals surface area contributed by atoms with E-state index in [-0.39, 0.29) is 17.4 Å². The van der Waals surface area contributed by atoms with Gasteiger partial charge in [0, 0.05) is 22.2 Å². The first-order valence-corrected chi connectivity index (χ1v) is 7.32. The summed E-state index contributed by atoms with van der Waals surface area (Å²) in [5.74, 6) is 0. The molecule has 3 heteroatoms. The third kappa shape index (κ3) is 5.42. The Kier molecular flexibility index (Phi) is 5.70. The number of aliphatic hydroxyl groups excluding tert-OH is 1. The van der Waals surface area contributed by atoms with Crippen LogP contribution in [0, 0.1) is 6.92 Å². The lowest BCUT2D eigenvalue weighted by molar-refractivity contribution is 0.300. The van der Waals surface area contributed by atoms with Gasteiger partial charge in [0.25, 0.3) is 0 Å². The molecule has 0 aliphatic heterocycles. The summed E-state index contributed by atoms with van der Waals surface area (Å²) in [4.78, 5) is 1.26. The zero-order chi connectivity index (χ0) is 13.8. The van der Waals surface area contributed by atoms with Crippen LogP contribution in [0.15, 0.2) is 23.1 Å². The minimum atomic E-state index is 0.146. The third-order valence-electron chi connectivity index (χ3n) is 2.65. The van der Waals surface area contributed by atoms with Crippen molar-refractivity contribution in [1.82, 2.24) is 5.32 Å². The lowest BCUT2D eigenvalue weighted by Gasteiger charge is -2.21. The number of hydrogen-bond acceptors (Lipinski definition) is 3. The van der Waals surface area contributed by atoms with Crippen molar-refractivity contribution in [3.05, 3.63) is 29.3 Å². The van der Waals surface area contributed by atoms with Crippen molar-refractivity contribution in [2.45, 2.75) is 56.8 Å². The summed E-state index contributed by atoms with van der Waals surface area (Å²) in [6, 6.07) is 6.55. The highest BCUT2D eigenvalue weighted by atomic mass is 32.2. The summed E-state index contributed by atoms with van der Waals surface area (Å²) in [5, 5.41) is 12.8. The summed E-state index contributed by atoms with van der Waals surface area (Å²) in [5.41, 5.74) is 2.74. The first-order valence-electron chi connectivity index (χ1n) is 6.44. The Bertz CT molecular complexity index is 385. The Morgan fingerprint density at radius 3 is 2.50 bits per heavy atom.